The van der Waals surface area contributed by atoms with Crippen LogP contribution in [-0.4, -0.2) is 18.1 Å². The summed E-state index contributed by atoms with van der Waals surface area (Å²) in [6, 6.07) is 4.20. The Morgan fingerprint density at radius 3 is 3.00 bits per heavy atom. The topological polar surface area (TPSA) is 24.9 Å². The molecule has 3 heteroatoms. The van der Waals surface area contributed by atoms with Crippen LogP contribution < -0.4 is 5.32 Å². The summed E-state index contributed by atoms with van der Waals surface area (Å²) < 4.78 is 1.14. The van der Waals surface area contributed by atoms with Crippen molar-refractivity contribution in [2.24, 2.45) is 0 Å². The smallest absolute Gasteiger partial charge is 0.0461 e. The van der Waals surface area contributed by atoms with Gasteiger partial charge in [-0.25, -0.2) is 0 Å². The van der Waals surface area contributed by atoms with Crippen molar-refractivity contribution >= 4 is 15.9 Å². The molecule has 0 bridgehead atoms. The molecule has 76 valence electrons. The van der Waals surface area contributed by atoms with E-state index in [2.05, 4.69) is 38.4 Å². The van der Waals surface area contributed by atoms with Crippen LogP contribution in [0.3, 0.4) is 0 Å². The molecule has 2 nitrogen and oxygen atoms in total. The van der Waals surface area contributed by atoms with Gasteiger partial charge in [-0.2, -0.15) is 0 Å². The molecule has 14 heavy (non-hydrogen) atoms. The number of hydrogen-bond donors (Lipinski definition) is 1. The van der Waals surface area contributed by atoms with Gasteiger partial charge in [-0.1, -0.05) is 15.9 Å². The van der Waals surface area contributed by atoms with Gasteiger partial charge in [0.25, 0.3) is 0 Å². The third-order valence-corrected chi connectivity index (χ3v) is 3.11. The summed E-state index contributed by atoms with van der Waals surface area (Å²) in [5.41, 5.74) is 2.32. The average molecular weight is 255 g/mol. The lowest BCUT2D eigenvalue weighted by molar-refractivity contribution is 0.454. The van der Waals surface area contributed by atoms with E-state index in [1.807, 2.05) is 6.92 Å². The summed E-state index contributed by atoms with van der Waals surface area (Å²) in [5, 5.41) is 3.42. The van der Waals surface area contributed by atoms with Crippen molar-refractivity contribution in [3.63, 3.8) is 0 Å². The number of piperidine rings is 1. The van der Waals surface area contributed by atoms with Crippen LogP contribution >= 0.6 is 15.9 Å². The minimum atomic E-state index is 0.597. The predicted octanol–water partition coefficient (Wildman–Crippen LogP) is 2.62. The normalized spacial score (nSPS) is 22.3. The molecule has 1 aromatic heterocycles. The average Bonchev–Trinajstić information content (AvgIpc) is 2.18. The fraction of sp³-hybridized carbons (Fsp3) is 0.545. The Bertz CT molecular complexity index is 299. The molecule has 1 aliphatic heterocycles. The molecule has 2 rings (SSSR count). The van der Waals surface area contributed by atoms with Crippen LogP contribution in [0.4, 0.5) is 0 Å². The molecule has 1 fully saturated rings. The Labute approximate surface area is 93.3 Å². The van der Waals surface area contributed by atoms with E-state index in [0.717, 1.165) is 23.3 Å². The predicted molar refractivity (Wildman–Crippen MR) is 61.5 cm³/mol. The first kappa shape index (κ1) is 10.1. The Kier molecular flexibility index (Phi) is 3.19. The summed E-state index contributed by atoms with van der Waals surface area (Å²) >= 11 is 3.52. The summed E-state index contributed by atoms with van der Waals surface area (Å²) in [5.74, 6) is 0.597. The van der Waals surface area contributed by atoms with Gasteiger partial charge >= 0.3 is 0 Å². The van der Waals surface area contributed by atoms with Gasteiger partial charge in [0, 0.05) is 28.3 Å². The highest BCUT2D eigenvalue weighted by atomic mass is 79.9. The zero-order valence-electron chi connectivity index (χ0n) is 8.39. The van der Waals surface area contributed by atoms with E-state index in [4.69, 9.17) is 0 Å². The number of nitrogens with zero attached hydrogens (tertiary/aromatic N) is 1. The first-order chi connectivity index (χ1) is 6.75. The molecule has 1 aliphatic rings. The standard InChI is InChI=1S/C11H15BrN2/c1-8-5-10(12)6-11(14-8)9-3-2-4-13-7-9/h5-6,9,13H,2-4,7H2,1H3. The van der Waals surface area contributed by atoms with Crippen molar-refractivity contribution in [1.29, 1.82) is 0 Å². The molecular weight excluding hydrogens is 240 g/mol. The maximum Gasteiger partial charge on any atom is 0.0461 e. The summed E-state index contributed by atoms with van der Waals surface area (Å²) in [4.78, 5) is 4.59. The minimum Gasteiger partial charge on any atom is -0.316 e. The van der Waals surface area contributed by atoms with E-state index in [1.165, 1.54) is 18.5 Å². The number of nitrogens with one attached hydrogen (secondary N) is 1. The van der Waals surface area contributed by atoms with E-state index < -0.39 is 0 Å². The van der Waals surface area contributed by atoms with Gasteiger partial charge in [-0.05, 0) is 38.4 Å². The number of rotatable bonds is 1. The van der Waals surface area contributed by atoms with E-state index in [1.54, 1.807) is 0 Å². The second-order valence-electron chi connectivity index (χ2n) is 3.89. The monoisotopic (exact) mass is 254 g/mol. The molecule has 0 spiro atoms. The molecule has 1 saturated heterocycles. The van der Waals surface area contributed by atoms with Crippen molar-refractivity contribution in [1.82, 2.24) is 10.3 Å². The molecular formula is C11H15BrN2. The van der Waals surface area contributed by atoms with E-state index in [0.29, 0.717) is 5.92 Å². The van der Waals surface area contributed by atoms with Gasteiger partial charge in [-0.3, -0.25) is 4.98 Å². The molecule has 1 unspecified atom stereocenters. The molecule has 2 heterocycles. The Morgan fingerprint density at radius 2 is 2.36 bits per heavy atom. The van der Waals surface area contributed by atoms with Crippen molar-refractivity contribution in [2.45, 2.75) is 25.7 Å². The number of hydrogen-bond acceptors (Lipinski definition) is 2. The largest absolute Gasteiger partial charge is 0.316 e. The van der Waals surface area contributed by atoms with E-state index in [-0.39, 0.29) is 0 Å². The lowest BCUT2D eigenvalue weighted by atomic mass is 9.95. The van der Waals surface area contributed by atoms with Gasteiger partial charge < -0.3 is 5.32 Å². The van der Waals surface area contributed by atoms with E-state index in [9.17, 15) is 0 Å². The second-order valence-corrected chi connectivity index (χ2v) is 4.81. The third kappa shape index (κ3) is 2.34. The van der Waals surface area contributed by atoms with Crippen LogP contribution in [0.5, 0.6) is 0 Å². The second kappa shape index (κ2) is 4.41. The molecule has 0 amide bonds. The summed E-state index contributed by atoms with van der Waals surface area (Å²) in [6.07, 6.45) is 2.52. The highest BCUT2D eigenvalue weighted by Crippen LogP contribution is 2.24. The van der Waals surface area contributed by atoms with Crippen LogP contribution in [-0.2, 0) is 0 Å². The van der Waals surface area contributed by atoms with Gasteiger partial charge in [0.05, 0.1) is 0 Å². The Hall–Kier alpha value is -0.410. The molecule has 1 N–H and O–H groups in total. The maximum atomic E-state index is 4.59. The number of aryl methyl sites for hydroxylation is 1. The Balaban J connectivity index is 2.21. The number of halogens is 1. The van der Waals surface area contributed by atoms with E-state index >= 15 is 0 Å². The quantitative estimate of drug-likeness (QED) is 0.834. The zero-order valence-corrected chi connectivity index (χ0v) is 9.97. The van der Waals surface area contributed by atoms with Crippen LogP contribution in [0, 0.1) is 6.92 Å². The van der Waals surface area contributed by atoms with Gasteiger partial charge in [0.2, 0.25) is 0 Å². The zero-order chi connectivity index (χ0) is 9.97. The van der Waals surface area contributed by atoms with Crippen LogP contribution in [0.25, 0.3) is 0 Å². The lowest BCUT2D eigenvalue weighted by Gasteiger charge is -2.22. The first-order valence-electron chi connectivity index (χ1n) is 5.10. The highest BCUT2D eigenvalue weighted by Gasteiger charge is 2.16. The van der Waals surface area contributed by atoms with Gasteiger partial charge in [0.1, 0.15) is 0 Å². The van der Waals surface area contributed by atoms with Crippen molar-refractivity contribution in [2.75, 3.05) is 13.1 Å². The molecule has 1 aromatic rings. The van der Waals surface area contributed by atoms with Crippen LogP contribution in [0.15, 0.2) is 16.6 Å². The summed E-state index contributed by atoms with van der Waals surface area (Å²) in [7, 11) is 0. The SMILES string of the molecule is Cc1cc(Br)cc(C2CCCNC2)n1. The van der Waals surface area contributed by atoms with Crippen LogP contribution in [0.1, 0.15) is 30.1 Å². The molecule has 1 atom stereocenters. The van der Waals surface area contributed by atoms with Gasteiger partial charge in [0.15, 0.2) is 0 Å². The molecule has 0 saturated carbocycles. The molecule has 0 radical (unpaired) electrons. The third-order valence-electron chi connectivity index (χ3n) is 2.65. The minimum absolute atomic E-state index is 0.597. The van der Waals surface area contributed by atoms with Gasteiger partial charge in [-0.15, -0.1) is 0 Å². The maximum absolute atomic E-state index is 4.59. The summed E-state index contributed by atoms with van der Waals surface area (Å²) in [6.45, 7) is 4.27. The number of aromatic nitrogens is 1. The van der Waals surface area contributed by atoms with Crippen molar-refractivity contribution in [3.8, 4) is 0 Å². The highest BCUT2D eigenvalue weighted by molar-refractivity contribution is 9.10. The fourth-order valence-corrected chi connectivity index (χ4v) is 2.53. The van der Waals surface area contributed by atoms with Crippen molar-refractivity contribution < 1.29 is 0 Å². The molecule has 0 aliphatic carbocycles. The number of pyridine rings is 1. The lowest BCUT2D eigenvalue weighted by Crippen LogP contribution is -2.28. The van der Waals surface area contributed by atoms with Crippen LogP contribution in [0.2, 0.25) is 0 Å². The molecule has 0 aromatic carbocycles. The van der Waals surface area contributed by atoms with Crippen molar-refractivity contribution in [3.05, 3.63) is 28.0 Å². The fourth-order valence-electron chi connectivity index (χ4n) is 1.96. The Morgan fingerprint density at radius 1 is 1.50 bits per heavy atom. The first-order valence-corrected chi connectivity index (χ1v) is 5.90.